The molecule has 9 heteroatoms. The number of hydrogen-bond donors (Lipinski definition) is 3. The number of hydrogen-bond acceptors (Lipinski definition) is 6. The number of H-pyrrole nitrogens is 1. The van der Waals surface area contributed by atoms with Gasteiger partial charge in [0.1, 0.15) is 17.9 Å². The second-order valence-electron chi connectivity index (χ2n) is 7.82. The first-order valence-corrected chi connectivity index (χ1v) is 10.3. The Bertz CT molecular complexity index is 1080. The summed E-state index contributed by atoms with van der Waals surface area (Å²) < 4.78 is 19.5. The van der Waals surface area contributed by atoms with Gasteiger partial charge in [0.15, 0.2) is 0 Å². The van der Waals surface area contributed by atoms with E-state index in [0.717, 1.165) is 29.8 Å². The molecule has 1 unspecified atom stereocenters. The molecule has 1 fully saturated rings. The maximum Gasteiger partial charge on any atom is 0.286 e. The molecule has 0 aliphatic carbocycles. The molecule has 1 atom stereocenters. The first kappa shape index (κ1) is 19.5. The molecule has 3 aromatic rings. The number of fused-ring (bicyclic) bond motifs is 1. The second kappa shape index (κ2) is 7.99. The van der Waals surface area contributed by atoms with Gasteiger partial charge in [-0.2, -0.15) is 0 Å². The summed E-state index contributed by atoms with van der Waals surface area (Å²) in [5, 5.41) is 5.82. The number of carbonyl (C=O) groups excluding carboxylic acids is 1. The molecule has 0 saturated carbocycles. The number of aromatic amines is 1. The van der Waals surface area contributed by atoms with Crippen molar-refractivity contribution in [3.8, 4) is 0 Å². The summed E-state index contributed by atoms with van der Waals surface area (Å²) in [6.07, 6.45) is 5.40. The molecule has 5 rings (SSSR count). The van der Waals surface area contributed by atoms with E-state index in [1.54, 1.807) is 6.20 Å². The van der Waals surface area contributed by atoms with Gasteiger partial charge in [-0.15, -0.1) is 0 Å². The van der Waals surface area contributed by atoms with E-state index < -0.39 is 11.5 Å². The van der Waals surface area contributed by atoms with Gasteiger partial charge in [0.2, 0.25) is 0 Å². The fourth-order valence-electron chi connectivity index (χ4n) is 4.09. The van der Waals surface area contributed by atoms with Crippen molar-refractivity contribution in [2.45, 2.75) is 18.7 Å². The minimum atomic E-state index is -1.18. The molecule has 0 radical (unpaired) electrons. The van der Waals surface area contributed by atoms with Gasteiger partial charge in [0, 0.05) is 38.5 Å². The maximum atomic E-state index is 13.8. The minimum absolute atomic E-state index is 0.000778. The van der Waals surface area contributed by atoms with Crippen molar-refractivity contribution in [1.29, 1.82) is 0 Å². The fourth-order valence-corrected chi connectivity index (χ4v) is 4.09. The van der Waals surface area contributed by atoms with Crippen LogP contribution in [0.25, 0.3) is 11.0 Å². The van der Waals surface area contributed by atoms with Gasteiger partial charge in [0.25, 0.3) is 11.6 Å². The molecule has 2 aliphatic rings. The average molecular weight is 422 g/mol. The molecule has 2 aliphatic heterocycles. The van der Waals surface area contributed by atoms with Crippen LogP contribution in [0.1, 0.15) is 11.5 Å². The zero-order chi connectivity index (χ0) is 21.3. The Morgan fingerprint density at radius 2 is 2.16 bits per heavy atom. The number of pyridine rings is 1. The van der Waals surface area contributed by atoms with Crippen molar-refractivity contribution < 1.29 is 13.9 Å². The Hall–Kier alpha value is -3.46. The number of amides is 1. The zero-order valence-corrected chi connectivity index (χ0v) is 16.8. The van der Waals surface area contributed by atoms with Crippen LogP contribution >= 0.6 is 0 Å². The second-order valence-corrected chi connectivity index (χ2v) is 7.82. The van der Waals surface area contributed by atoms with Gasteiger partial charge >= 0.3 is 0 Å². The summed E-state index contributed by atoms with van der Waals surface area (Å²) in [7, 11) is 0. The van der Waals surface area contributed by atoms with Crippen LogP contribution < -0.4 is 10.6 Å². The Labute approximate surface area is 178 Å². The number of rotatable bonds is 7. The monoisotopic (exact) mass is 422 g/mol. The number of benzene rings is 1. The highest BCUT2D eigenvalue weighted by Crippen LogP contribution is 2.32. The smallest absolute Gasteiger partial charge is 0.286 e. The summed E-state index contributed by atoms with van der Waals surface area (Å²) in [5.41, 5.74) is 1.02. The number of halogens is 1. The van der Waals surface area contributed by atoms with Crippen LogP contribution in [0.3, 0.4) is 0 Å². The van der Waals surface area contributed by atoms with Gasteiger partial charge in [-0.05, 0) is 24.3 Å². The van der Waals surface area contributed by atoms with E-state index in [-0.39, 0.29) is 24.1 Å². The van der Waals surface area contributed by atoms with Crippen molar-refractivity contribution in [2.24, 2.45) is 5.92 Å². The molecule has 1 amide bonds. The highest BCUT2D eigenvalue weighted by Gasteiger charge is 2.53. The van der Waals surface area contributed by atoms with Gasteiger partial charge in [-0.1, -0.05) is 12.1 Å². The van der Waals surface area contributed by atoms with Crippen molar-refractivity contribution in [2.75, 3.05) is 19.6 Å². The quantitative estimate of drug-likeness (QED) is 0.536. The zero-order valence-electron chi connectivity index (χ0n) is 16.8. The summed E-state index contributed by atoms with van der Waals surface area (Å²) >= 11 is 0. The van der Waals surface area contributed by atoms with Crippen LogP contribution in [0.5, 0.6) is 0 Å². The van der Waals surface area contributed by atoms with E-state index in [1.165, 1.54) is 24.6 Å². The summed E-state index contributed by atoms with van der Waals surface area (Å²) in [6, 6.07) is 10.8. The van der Waals surface area contributed by atoms with E-state index >= 15 is 0 Å². The molecular weight excluding hydrogens is 399 g/mol. The van der Waals surface area contributed by atoms with Crippen molar-refractivity contribution in [3.05, 3.63) is 72.4 Å². The lowest BCUT2D eigenvalue weighted by Crippen LogP contribution is -2.68. The topological polar surface area (TPSA) is 95.2 Å². The lowest BCUT2D eigenvalue weighted by Gasteiger charge is -2.46. The van der Waals surface area contributed by atoms with Gasteiger partial charge in [0.05, 0.1) is 29.2 Å². The number of nitrogens with zero attached hydrogens (tertiary/aromatic N) is 3. The number of para-hydroxylation sites is 2. The average Bonchev–Trinajstić information content (AvgIpc) is 3.39. The number of carbonyl (C=O) groups is 1. The molecule has 0 bridgehead atoms. The number of aromatic nitrogens is 3. The fraction of sp³-hybridized carbons (Fsp3) is 0.318. The first-order valence-electron chi connectivity index (χ1n) is 10.3. The lowest BCUT2D eigenvalue weighted by atomic mass is 9.87. The molecule has 0 spiro atoms. The lowest BCUT2D eigenvalue weighted by molar-refractivity contribution is -0.157. The summed E-state index contributed by atoms with van der Waals surface area (Å²) in [4.78, 5) is 27.1. The third-order valence-corrected chi connectivity index (χ3v) is 5.84. The van der Waals surface area contributed by atoms with Crippen LogP contribution in [0.4, 0.5) is 4.39 Å². The molecule has 1 saturated heterocycles. The van der Waals surface area contributed by atoms with Gasteiger partial charge in [-0.3, -0.25) is 9.78 Å². The SMILES string of the molecule is O=C(NCc1ncccc1F)C1(C2CN(CCc3nc4ccccc4[nH]3)C2)NC=CO1. The molecule has 31 heavy (non-hydrogen) atoms. The Morgan fingerprint density at radius 1 is 1.29 bits per heavy atom. The molecular formula is C22H23FN6O2. The van der Waals surface area contributed by atoms with Crippen molar-refractivity contribution >= 4 is 16.9 Å². The molecule has 4 heterocycles. The third-order valence-electron chi connectivity index (χ3n) is 5.84. The van der Waals surface area contributed by atoms with Crippen molar-refractivity contribution in [3.63, 3.8) is 0 Å². The Kier molecular flexibility index (Phi) is 5.03. The Balaban J connectivity index is 1.17. The summed E-state index contributed by atoms with van der Waals surface area (Å²) in [6.45, 7) is 2.25. The Morgan fingerprint density at radius 3 is 2.94 bits per heavy atom. The maximum absolute atomic E-state index is 13.8. The van der Waals surface area contributed by atoms with Crippen LogP contribution in [0.2, 0.25) is 0 Å². The molecule has 160 valence electrons. The number of nitrogens with one attached hydrogen (secondary N) is 3. The highest BCUT2D eigenvalue weighted by atomic mass is 19.1. The van der Waals surface area contributed by atoms with Crippen molar-refractivity contribution in [1.82, 2.24) is 30.5 Å². The molecule has 2 aromatic heterocycles. The predicted molar refractivity (Wildman–Crippen MR) is 112 cm³/mol. The number of likely N-dealkylation sites (tertiary alicyclic amines) is 1. The van der Waals surface area contributed by atoms with Crippen LogP contribution in [-0.2, 0) is 22.5 Å². The molecule has 3 N–H and O–H groups in total. The molecule has 8 nitrogen and oxygen atoms in total. The molecule has 1 aromatic carbocycles. The number of ether oxygens (including phenoxy) is 1. The highest BCUT2D eigenvalue weighted by molar-refractivity contribution is 5.86. The van der Waals surface area contributed by atoms with Crippen LogP contribution in [0.15, 0.2) is 55.1 Å². The summed E-state index contributed by atoms with van der Waals surface area (Å²) in [5.74, 6) is 0.137. The number of imidazole rings is 1. The largest absolute Gasteiger partial charge is 0.464 e. The predicted octanol–water partition coefficient (Wildman–Crippen LogP) is 1.67. The van der Waals surface area contributed by atoms with E-state index in [0.29, 0.717) is 13.1 Å². The van der Waals surface area contributed by atoms with Crippen LogP contribution in [0, 0.1) is 11.7 Å². The minimum Gasteiger partial charge on any atom is -0.464 e. The van der Waals surface area contributed by atoms with Crippen LogP contribution in [-0.4, -0.2) is 51.1 Å². The third kappa shape index (κ3) is 3.72. The van der Waals surface area contributed by atoms with E-state index in [9.17, 15) is 9.18 Å². The van der Waals surface area contributed by atoms with Gasteiger partial charge < -0.3 is 25.3 Å². The van der Waals surface area contributed by atoms with E-state index in [1.807, 2.05) is 24.3 Å². The standard InChI is InChI=1S/C22H23FN6O2/c23-16-4-3-8-24-19(16)12-25-21(30)22(26-9-11-31-22)15-13-29(14-15)10-7-20-27-17-5-1-2-6-18(17)28-20/h1-6,8-9,11,15,26H,7,10,12-14H2,(H,25,30)(H,27,28). The first-order chi connectivity index (χ1) is 15.1. The van der Waals surface area contributed by atoms with E-state index in [2.05, 4.69) is 30.5 Å². The van der Waals surface area contributed by atoms with Gasteiger partial charge in [-0.25, -0.2) is 9.37 Å². The normalized spacial score (nSPS) is 20.9. The van der Waals surface area contributed by atoms with E-state index in [4.69, 9.17) is 4.74 Å².